The molecule has 0 aliphatic carbocycles. The lowest BCUT2D eigenvalue weighted by Gasteiger charge is -2.18. The van der Waals surface area contributed by atoms with Crippen molar-refractivity contribution < 1.29 is 43.0 Å². The van der Waals surface area contributed by atoms with Crippen LogP contribution in [0.5, 0.6) is 0 Å². The van der Waals surface area contributed by atoms with E-state index in [1.54, 1.807) is 0 Å². The zero-order chi connectivity index (χ0) is 37.7. The van der Waals surface area contributed by atoms with Crippen LogP contribution in [0.15, 0.2) is 60.8 Å². The molecule has 0 spiro atoms. The van der Waals surface area contributed by atoms with E-state index < -0.39 is 38.6 Å². The highest BCUT2D eigenvalue weighted by molar-refractivity contribution is 7.46. The second-order valence-electron chi connectivity index (χ2n) is 13.1. The molecule has 0 aromatic heterocycles. The van der Waals surface area contributed by atoms with E-state index in [0.717, 1.165) is 32.1 Å². The van der Waals surface area contributed by atoms with Gasteiger partial charge >= 0.3 is 19.8 Å². The second kappa shape index (κ2) is 36.1. The molecule has 9 nitrogen and oxygen atoms in total. The number of carbonyl (C=O) groups is 2. The highest BCUT2D eigenvalue weighted by Crippen LogP contribution is 2.36. The van der Waals surface area contributed by atoms with E-state index in [9.17, 15) is 19.3 Å². The summed E-state index contributed by atoms with van der Waals surface area (Å²) in [7, 11) is -4.78. The fraction of sp³-hybridized carbons (Fsp3) is 0.707. The van der Waals surface area contributed by atoms with Gasteiger partial charge in [-0.1, -0.05) is 164 Å². The number of allylic oxidation sites excluding steroid dienone is 8. The van der Waals surface area contributed by atoms with Gasteiger partial charge in [0.05, 0.1) is 12.7 Å². The van der Waals surface area contributed by atoms with Gasteiger partial charge in [0, 0.05) is 12.8 Å². The van der Waals surface area contributed by atoms with Gasteiger partial charge in [0.25, 0.3) is 0 Å². The number of unbranched alkanes of at least 4 members (excludes halogenated alkanes) is 15. The maximum Gasteiger partial charge on any atom is 0.469 e. The van der Waals surface area contributed by atoms with E-state index >= 15 is 0 Å². The molecule has 294 valence electrons. The van der Waals surface area contributed by atoms with Crippen molar-refractivity contribution in [3.05, 3.63) is 60.8 Å². The molecule has 0 bridgehead atoms. The predicted octanol–water partition coefficient (Wildman–Crippen LogP) is 10.7. The first-order valence-corrected chi connectivity index (χ1v) is 21.2. The summed E-state index contributed by atoms with van der Waals surface area (Å²) in [6, 6.07) is 0. The highest BCUT2D eigenvalue weighted by Gasteiger charge is 2.22. The van der Waals surface area contributed by atoms with Gasteiger partial charge in [-0.2, -0.15) is 0 Å². The Morgan fingerprint density at radius 1 is 0.627 bits per heavy atom. The quantitative estimate of drug-likeness (QED) is 0.0190. The highest BCUT2D eigenvalue weighted by atomic mass is 31.2. The third-order valence-corrected chi connectivity index (χ3v) is 8.61. The maximum absolute atomic E-state index is 12.4. The third-order valence-electron chi connectivity index (χ3n) is 8.13. The van der Waals surface area contributed by atoms with E-state index in [0.29, 0.717) is 25.7 Å². The fourth-order valence-corrected chi connectivity index (χ4v) is 5.55. The Labute approximate surface area is 309 Å². The standard InChI is InChI=1S/C41H71O9P/c1-3-5-7-8-9-10-11-12-13-14-18-21-24-27-30-34-40(43)48-36-39(37-49-51(45,46)47)50-41(44)35-31-28-25-22-19-16-15-17-20-23-26-29-33-38(42)32-6-4-2/h6,15-16,20,22-23,25-26,29,32,38-39,42H,3-5,7-14,17-19,21,24,27-28,30-31,33-37H2,1-2H3,(H2,45,46,47)/b16-15-,23-20-,25-22-,29-26+,32-6-/t38?,39-/m1/s1. The molecule has 3 N–H and O–H groups in total. The van der Waals surface area contributed by atoms with Crippen LogP contribution in [0.3, 0.4) is 0 Å². The van der Waals surface area contributed by atoms with Crippen molar-refractivity contribution in [2.45, 2.75) is 174 Å². The lowest BCUT2D eigenvalue weighted by Crippen LogP contribution is -2.29. The van der Waals surface area contributed by atoms with Crippen molar-refractivity contribution in [2.24, 2.45) is 0 Å². The molecule has 10 heteroatoms. The van der Waals surface area contributed by atoms with Gasteiger partial charge in [0.15, 0.2) is 6.10 Å². The number of aliphatic hydroxyl groups excluding tert-OH is 1. The molecule has 0 aliphatic heterocycles. The van der Waals surface area contributed by atoms with E-state index in [1.807, 2.05) is 55.5 Å². The zero-order valence-corrected chi connectivity index (χ0v) is 32.7. The lowest BCUT2D eigenvalue weighted by molar-refractivity contribution is -0.161. The molecule has 0 radical (unpaired) electrons. The van der Waals surface area contributed by atoms with Crippen LogP contribution in [0.25, 0.3) is 0 Å². The lowest BCUT2D eigenvalue weighted by atomic mass is 10.0. The molecule has 0 fully saturated rings. The first kappa shape index (κ1) is 48.7. The zero-order valence-electron chi connectivity index (χ0n) is 31.8. The van der Waals surface area contributed by atoms with E-state index in [1.165, 1.54) is 77.0 Å². The fourth-order valence-electron chi connectivity index (χ4n) is 5.19. The van der Waals surface area contributed by atoms with Crippen molar-refractivity contribution in [1.29, 1.82) is 0 Å². The van der Waals surface area contributed by atoms with Gasteiger partial charge in [-0.3, -0.25) is 14.1 Å². The molecule has 0 saturated carbocycles. The summed E-state index contributed by atoms with van der Waals surface area (Å²) >= 11 is 0. The first-order valence-electron chi connectivity index (χ1n) is 19.7. The van der Waals surface area contributed by atoms with Crippen LogP contribution in [0.4, 0.5) is 0 Å². The van der Waals surface area contributed by atoms with Crippen molar-refractivity contribution in [1.82, 2.24) is 0 Å². The van der Waals surface area contributed by atoms with Crippen molar-refractivity contribution in [2.75, 3.05) is 13.2 Å². The molecule has 0 heterocycles. The summed E-state index contributed by atoms with van der Waals surface area (Å²) in [5, 5.41) is 9.73. The van der Waals surface area contributed by atoms with Crippen LogP contribution in [0.1, 0.15) is 162 Å². The summed E-state index contributed by atoms with van der Waals surface area (Å²) in [5.74, 6) is -0.977. The van der Waals surface area contributed by atoms with E-state index in [-0.39, 0.29) is 19.4 Å². The molecule has 0 saturated heterocycles. The molecule has 0 amide bonds. The molecule has 2 atom stereocenters. The molecule has 0 rings (SSSR count). The van der Waals surface area contributed by atoms with E-state index in [4.69, 9.17) is 19.3 Å². The number of carbonyl (C=O) groups excluding carboxylic acids is 2. The van der Waals surface area contributed by atoms with Gasteiger partial charge in [-0.05, 0) is 44.9 Å². The van der Waals surface area contributed by atoms with Gasteiger partial charge in [-0.25, -0.2) is 4.57 Å². The van der Waals surface area contributed by atoms with Crippen molar-refractivity contribution in [3.8, 4) is 0 Å². The van der Waals surface area contributed by atoms with Gasteiger partial charge < -0.3 is 24.4 Å². The Morgan fingerprint density at radius 2 is 1.16 bits per heavy atom. The normalized spacial score (nSPS) is 13.7. The Bertz CT molecular complexity index is 1030. The number of phosphoric acid groups is 1. The van der Waals surface area contributed by atoms with Crippen molar-refractivity contribution in [3.63, 3.8) is 0 Å². The number of ether oxygens (including phenoxy) is 2. The van der Waals surface area contributed by atoms with Crippen LogP contribution in [0, 0.1) is 0 Å². The van der Waals surface area contributed by atoms with Gasteiger partial charge in [-0.15, -0.1) is 0 Å². The number of hydrogen-bond acceptors (Lipinski definition) is 7. The molecule has 0 aromatic rings. The largest absolute Gasteiger partial charge is 0.469 e. The first-order chi connectivity index (χ1) is 24.7. The molecule has 1 unspecified atom stereocenters. The van der Waals surface area contributed by atoms with Crippen LogP contribution in [-0.2, 0) is 28.2 Å². The molecular formula is C41H71O9P. The SMILES string of the molecule is CC/C=C\C(O)C/C=C/C=C\C/C=C\C/C=C\CCCC(=O)O[C@H](COC(=O)CCCCCCCCCCCCCCCCC)COP(=O)(O)O. The predicted molar refractivity (Wildman–Crippen MR) is 208 cm³/mol. The van der Waals surface area contributed by atoms with Crippen LogP contribution < -0.4 is 0 Å². The van der Waals surface area contributed by atoms with E-state index in [2.05, 4.69) is 23.6 Å². The Morgan fingerprint density at radius 3 is 1.75 bits per heavy atom. The summed E-state index contributed by atoms with van der Waals surface area (Å²) in [6.07, 6.45) is 41.4. The second-order valence-corrected chi connectivity index (χ2v) is 14.3. The Balaban J connectivity index is 4.09. The number of esters is 2. The minimum absolute atomic E-state index is 0.115. The molecular weight excluding hydrogens is 667 g/mol. The number of hydrogen-bond donors (Lipinski definition) is 3. The third kappa shape index (κ3) is 38.8. The van der Waals surface area contributed by atoms with Crippen LogP contribution in [-0.4, -0.2) is 52.3 Å². The average Bonchev–Trinajstić information content (AvgIpc) is 3.09. The summed E-state index contributed by atoms with van der Waals surface area (Å²) < 4.78 is 26.3. The summed E-state index contributed by atoms with van der Waals surface area (Å²) in [6.45, 7) is 3.39. The van der Waals surface area contributed by atoms with Gasteiger partial charge in [0.1, 0.15) is 6.61 Å². The van der Waals surface area contributed by atoms with Crippen molar-refractivity contribution >= 4 is 19.8 Å². The van der Waals surface area contributed by atoms with Crippen LogP contribution in [0.2, 0.25) is 0 Å². The minimum Gasteiger partial charge on any atom is -0.462 e. The summed E-state index contributed by atoms with van der Waals surface area (Å²) in [5.41, 5.74) is 0. The molecule has 0 aromatic carbocycles. The number of rotatable bonds is 35. The van der Waals surface area contributed by atoms with Gasteiger partial charge in [0.2, 0.25) is 0 Å². The molecule has 0 aliphatic rings. The topological polar surface area (TPSA) is 140 Å². The smallest absolute Gasteiger partial charge is 0.462 e. The Hall–Kier alpha value is -2.29. The minimum atomic E-state index is -4.78. The molecule has 51 heavy (non-hydrogen) atoms. The number of phosphoric ester groups is 1. The Kier molecular flexibility index (Phi) is 34.5. The summed E-state index contributed by atoms with van der Waals surface area (Å²) in [4.78, 5) is 42.7. The average molecular weight is 739 g/mol. The van der Waals surface area contributed by atoms with Crippen LogP contribution >= 0.6 is 7.82 Å². The number of aliphatic hydroxyl groups is 1. The monoisotopic (exact) mass is 738 g/mol. The maximum atomic E-state index is 12.4.